The van der Waals surface area contributed by atoms with Gasteiger partial charge in [-0.15, -0.1) is 0 Å². The molecule has 3 atom stereocenters. The Bertz CT molecular complexity index is 730. The number of primary amides is 1. The number of benzene rings is 2. The van der Waals surface area contributed by atoms with E-state index < -0.39 is 0 Å². The fourth-order valence-electron chi connectivity index (χ4n) is 3.66. The van der Waals surface area contributed by atoms with Crippen molar-refractivity contribution >= 4 is 5.91 Å². The predicted molar refractivity (Wildman–Crippen MR) is 110 cm³/mol. The molecule has 3 rings (SSSR count). The molecule has 1 saturated heterocycles. The Kier molecular flexibility index (Phi) is 6.61. The van der Waals surface area contributed by atoms with E-state index in [2.05, 4.69) is 78.5 Å². The van der Waals surface area contributed by atoms with Crippen LogP contribution in [-0.4, -0.2) is 25.0 Å². The van der Waals surface area contributed by atoms with E-state index in [0.717, 1.165) is 19.5 Å². The van der Waals surface area contributed by atoms with Crippen LogP contribution in [0.15, 0.2) is 54.6 Å². The molecule has 5 nitrogen and oxygen atoms in total. The van der Waals surface area contributed by atoms with Gasteiger partial charge >= 0.3 is 0 Å². The lowest BCUT2D eigenvalue weighted by molar-refractivity contribution is -0.120. The lowest BCUT2D eigenvalue weighted by Gasteiger charge is -2.23. The van der Waals surface area contributed by atoms with Crippen molar-refractivity contribution < 1.29 is 4.79 Å². The molecule has 1 aliphatic rings. The van der Waals surface area contributed by atoms with Gasteiger partial charge < -0.3 is 11.1 Å². The molecule has 27 heavy (non-hydrogen) atoms. The van der Waals surface area contributed by atoms with Gasteiger partial charge in [-0.25, -0.2) is 5.43 Å². The van der Waals surface area contributed by atoms with E-state index in [0.29, 0.717) is 11.8 Å². The summed E-state index contributed by atoms with van der Waals surface area (Å²) >= 11 is 0. The van der Waals surface area contributed by atoms with Gasteiger partial charge in [0.25, 0.3) is 0 Å². The van der Waals surface area contributed by atoms with Gasteiger partial charge in [-0.3, -0.25) is 10.2 Å². The van der Waals surface area contributed by atoms with E-state index >= 15 is 0 Å². The van der Waals surface area contributed by atoms with Crippen LogP contribution in [0.4, 0.5) is 0 Å². The van der Waals surface area contributed by atoms with E-state index in [1.807, 2.05) is 6.07 Å². The van der Waals surface area contributed by atoms with E-state index in [-0.39, 0.29) is 18.0 Å². The summed E-state index contributed by atoms with van der Waals surface area (Å²) in [5.74, 6) is 0.504. The fraction of sp³-hybridized carbons (Fsp3) is 0.409. The van der Waals surface area contributed by atoms with Crippen LogP contribution in [-0.2, 0) is 4.79 Å². The second kappa shape index (κ2) is 9.13. The molecule has 0 radical (unpaired) electrons. The van der Waals surface area contributed by atoms with E-state index in [4.69, 9.17) is 5.73 Å². The maximum atomic E-state index is 11.7. The number of rotatable bonds is 8. The van der Waals surface area contributed by atoms with E-state index in [9.17, 15) is 4.79 Å². The molecule has 1 aliphatic heterocycles. The SMILES string of the molecule is CC(C)C[C@H](NCC1CNNC1c1ccc(-c2ccccc2)cc1)C(N)=O. The van der Waals surface area contributed by atoms with Gasteiger partial charge in [0.2, 0.25) is 5.91 Å². The summed E-state index contributed by atoms with van der Waals surface area (Å²) in [4.78, 5) is 11.7. The lowest BCUT2D eigenvalue weighted by Crippen LogP contribution is -2.45. The monoisotopic (exact) mass is 366 g/mol. The summed E-state index contributed by atoms with van der Waals surface area (Å²) in [5.41, 5.74) is 15.9. The van der Waals surface area contributed by atoms with Gasteiger partial charge in [0.1, 0.15) is 0 Å². The molecule has 0 bridgehead atoms. The zero-order valence-electron chi connectivity index (χ0n) is 16.1. The summed E-state index contributed by atoms with van der Waals surface area (Å²) in [6, 6.07) is 19.0. The highest BCUT2D eigenvalue weighted by molar-refractivity contribution is 5.79. The van der Waals surface area contributed by atoms with Crippen LogP contribution in [0.5, 0.6) is 0 Å². The Morgan fingerprint density at radius 2 is 1.78 bits per heavy atom. The third kappa shape index (κ3) is 5.16. The topological polar surface area (TPSA) is 79.2 Å². The van der Waals surface area contributed by atoms with Gasteiger partial charge in [-0.1, -0.05) is 68.4 Å². The molecule has 0 aliphatic carbocycles. The molecule has 1 heterocycles. The van der Waals surface area contributed by atoms with Crippen LogP contribution >= 0.6 is 0 Å². The molecule has 144 valence electrons. The molecule has 0 spiro atoms. The summed E-state index contributed by atoms with van der Waals surface area (Å²) in [6.45, 7) is 5.80. The smallest absolute Gasteiger partial charge is 0.234 e. The normalized spacial score (nSPS) is 20.7. The van der Waals surface area contributed by atoms with Crippen molar-refractivity contribution in [3.8, 4) is 11.1 Å². The average Bonchev–Trinajstić information content (AvgIpc) is 3.14. The third-order valence-corrected chi connectivity index (χ3v) is 5.15. The molecule has 0 aromatic heterocycles. The van der Waals surface area contributed by atoms with Gasteiger partial charge in [0, 0.05) is 19.0 Å². The Morgan fingerprint density at radius 3 is 2.41 bits per heavy atom. The lowest BCUT2D eigenvalue weighted by atomic mass is 9.92. The van der Waals surface area contributed by atoms with Crippen molar-refractivity contribution in [2.24, 2.45) is 17.6 Å². The highest BCUT2D eigenvalue weighted by Gasteiger charge is 2.29. The Hall–Kier alpha value is -2.21. The maximum Gasteiger partial charge on any atom is 0.234 e. The molecule has 1 fully saturated rings. The number of carbonyl (C=O) groups is 1. The van der Waals surface area contributed by atoms with Gasteiger partial charge in [-0.2, -0.15) is 0 Å². The number of nitrogens with one attached hydrogen (secondary N) is 3. The van der Waals surface area contributed by atoms with Crippen molar-refractivity contribution in [1.82, 2.24) is 16.2 Å². The van der Waals surface area contributed by atoms with Crippen molar-refractivity contribution in [1.29, 1.82) is 0 Å². The van der Waals surface area contributed by atoms with Crippen LogP contribution in [0, 0.1) is 11.8 Å². The van der Waals surface area contributed by atoms with E-state index in [1.165, 1.54) is 16.7 Å². The van der Waals surface area contributed by atoms with Crippen molar-refractivity contribution in [3.63, 3.8) is 0 Å². The molecule has 5 N–H and O–H groups in total. The Labute approximate surface area is 161 Å². The number of hydrogen-bond acceptors (Lipinski definition) is 4. The molecule has 2 unspecified atom stereocenters. The first kappa shape index (κ1) is 19.5. The number of hydrazine groups is 1. The zero-order chi connectivity index (χ0) is 19.2. The minimum atomic E-state index is -0.272. The number of amides is 1. The largest absolute Gasteiger partial charge is 0.368 e. The third-order valence-electron chi connectivity index (χ3n) is 5.15. The summed E-state index contributed by atoms with van der Waals surface area (Å²) in [7, 11) is 0. The first-order chi connectivity index (χ1) is 13.0. The number of carbonyl (C=O) groups excluding carboxylic acids is 1. The first-order valence-electron chi connectivity index (χ1n) is 9.71. The zero-order valence-corrected chi connectivity index (χ0v) is 16.1. The minimum absolute atomic E-state index is 0.204. The van der Waals surface area contributed by atoms with E-state index in [1.54, 1.807) is 0 Å². The standard InChI is InChI=1S/C22H30N4O/c1-15(2)12-20(22(23)27)24-13-19-14-25-26-21(19)18-10-8-17(9-11-18)16-6-4-3-5-7-16/h3-11,15,19-21,24-26H,12-14H2,1-2H3,(H2,23,27)/t19?,20-,21?/m0/s1. The molecule has 2 aromatic carbocycles. The van der Waals surface area contributed by atoms with Crippen molar-refractivity contribution in [2.45, 2.75) is 32.4 Å². The second-order valence-corrected chi connectivity index (χ2v) is 7.74. The Morgan fingerprint density at radius 1 is 1.11 bits per heavy atom. The average molecular weight is 367 g/mol. The van der Waals surface area contributed by atoms with Crippen LogP contribution in [0.1, 0.15) is 31.9 Å². The second-order valence-electron chi connectivity index (χ2n) is 7.74. The van der Waals surface area contributed by atoms with Crippen molar-refractivity contribution in [2.75, 3.05) is 13.1 Å². The summed E-state index contributed by atoms with van der Waals surface area (Å²) < 4.78 is 0. The molecular formula is C22H30N4O. The minimum Gasteiger partial charge on any atom is -0.368 e. The van der Waals surface area contributed by atoms with Gasteiger partial charge in [-0.05, 0) is 29.0 Å². The fourth-order valence-corrected chi connectivity index (χ4v) is 3.66. The van der Waals surface area contributed by atoms with Gasteiger partial charge in [0.05, 0.1) is 12.1 Å². The molecule has 0 saturated carbocycles. The first-order valence-corrected chi connectivity index (χ1v) is 9.71. The van der Waals surface area contributed by atoms with Crippen LogP contribution in [0.2, 0.25) is 0 Å². The van der Waals surface area contributed by atoms with Crippen LogP contribution in [0.3, 0.4) is 0 Å². The van der Waals surface area contributed by atoms with Crippen LogP contribution in [0.25, 0.3) is 11.1 Å². The van der Waals surface area contributed by atoms with Crippen molar-refractivity contribution in [3.05, 3.63) is 60.2 Å². The molecule has 5 heteroatoms. The maximum absolute atomic E-state index is 11.7. The molecular weight excluding hydrogens is 336 g/mol. The molecule has 1 amide bonds. The number of hydrogen-bond donors (Lipinski definition) is 4. The quantitative estimate of drug-likeness (QED) is 0.579. The van der Waals surface area contributed by atoms with Crippen LogP contribution < -0.4 is 21.9 Å². The highest BCUT2D eigenvalue weighted by Crippen LogP contribution is 2.27. The Balaban J connectivity index is 1.64. The molecule has 2 aromatic rings. The highest BCUT2D eigenvalue weighted by atomic mass is 16.1. The predicted octanol–water partition coefficient (Wildman–Crippen LogP) is 2.61. The van der Waals surface area contributed by atoms with Gasteiger partial charge in [0.15, 0.2) is 0 Å². The number of nitrogens with two attached hydrogens (primary N) is 1. The summed E-state index contributed by atoms with van der Waals surface area (Å²) in [5, 5.41) is 3.37. The summed E-state index contributed by atoms with van der Waals surface area (Å²) in [6.07, 6.45) is 0.763.